The summed E-state index contributed by atoms with van der Waals surface area (Å²) in [5.41, 5.74) is 17.1. The molecular weight excluding hydrogens is 685 g/mol. The fraction of sp³-hybridized carbons (Fsp3) is 0.0175. The van der Waals surface area contributed by atoms with Crippen molar-refractivity contribution < 1.29 is 0 Å². The molecule has 10 aromatic rings. The van der Waals surface area contributed by atoms with E-state index in [2.05, 4.69) is 231 Å². The molecule has 0 heteroatoms. The molecule has 10 aromatic carbocycles. The number of benzene rings is 10. The van der Waals surface area contributed by atoms with E-state index in [1.807, 2.05) is 0 Å². The van der Waals surface area contributed by atoms with Crippen LogP contribution >= 0.6 is 0 Å². The van der Waals surface area contributed by atoms with E-state index in [0.717, 1.165) is 0 Å². The molecule has 266 valence electrons. The van der Waals surface area contributed by atoms with E-state index in [1.54, 1.807) is 0 Å². The average Bonchev–Trinajstić information content (AvgIpc) is 3.59. The minimum absolute atomic E-state index is 0.483. The SMILES string of the molecule is c1ccc(-c2cccc(-c3ccc(-c4ccc(-c5cccc6ccccc56)c5cc6c(cc45)C(c4ccccc4)(c4ccccc4)c4ccccc4-6)cc3)c2)cc1. The highest BCUT2D eigenvalue weighted by Gasteiger charge is 2.46. The largest absolute Gasteiger partial charge is 0.0713 e. The van der Waals surface area contributed by atoms with Crippen LogP contribution < -0.4 is 0 Å². The zero-order chi connectivity index (χ0) is 37.8. The van der Waals surface area contributed by atoms with Gasteiger partial charge in [0, 0.05) is 0 Å². The van der Waals surface area contributed by atoms with Crippen LogP contribution in [0.4, 0.5) is 0 Å². The summed E-state index contributed by atoms with van der Waals surface area (Å²) in [7, 11) is 0. The van der Waals surface area contributed by atoms with Crippen molar-refractivity contribution in [3.8, 4) is 55.6 Å². The van der Waals surface area contributed by atoms with Crippen molar-refractivity contribution >= 4 is 21.5 Å². The molecular formula is C57H38. The van der Waals surface area contributed by atoms with Gasteiger partial charge in [-0.15, -0.1) is 0 Å². The Hall–Kier alpha value is -7.28. The zero-order valence-corrected chi connectivity index (χ0v) is 31.4. The van der Waals surface area contributed by atoms with E-state index >= 15 is 0 Å². The van der Waals surface area contributed by atoms with E-state index in [4.69, 9.17) is 0 Å². The molecule has 0 spiro atoms. The molecule has 0 bridgehead atoms. The van der Waals surface area contributed by atoms with Crippen LogP contribution in [-0.4, -0.2) is 0 Å². The van der Waals surface area contributed by atoms with Crippen molar-refractivity contribution in [3.05, 3.63) is 253 Å². The van der Waals surface area contributed by atoms with Gasteiger partial charge >= 0.3 is 0 Å². The molecule has 0 heterocycles. The van der Waals surface area contributed by atoms with Crippen LogP contribution in [0.15, 0.2) is 231 Å². The molecule has 1 aliphatic rings. The Morgan fingerprint density at radius 1 is 0.228 bits per heavy atom. The smallest absolute Gasteiger partial charge is 0.0622 e. The van der Waals surface area contributed by atoms with Crippen molar-refractivity contribution in [2.24, 2.45) is 0 Å². The van der Waals surface area contributed by atoms with Crippen LogP contribution in [0.5, 0.6) is 0 Å². The monoisotopic (exact) mass is 722 g/mol. The van der Waals surface area contributed by atoms with E-state index in [-0.39, 0.29) is 0 Å². The van der Waals surface area contributed by atoms with Gasteiger partial charge in [0.25, 0.3) is 0 Å². The topological polar surface area (TPSA) is 0 Å². The summed E-state index contributed by atoms with van der Waals surface area (Å²) < 4.78 is 0. The first kappa shape index (κ1) is 33.1. The minimum atomic E-state index is -0.483. The molecule has 0 fully saturated rings. The lowest BCUT2D eigenvalue weighted by Crippen LogP contribution is -2.28. The summed E-state index contributed by atoms with van der Waals surface area (Å²) in [4.78, 5) is 0. The van der Waals surface area contributed by atoms with Gasteiger partial charge < -0.3 is 0 Å². The van der Waals surface area contributed by atoms with Crippen molar-refractivity contribution in [1.29, 1.82) is 0 Å². The molecule has 0 radical (unpaired) electrons. The number of hydrogen-bond acceptors (Lipinski definition) is 0. The van der Waals surface area contributed by atoms with Gasteiger partial charge in [0.15, 0.2) is 0 Å². The summed E-state index contributed by atoms with van der Waals surface area (Å²) in [6.45, 7) is 0. The van der Waals surface area contributed by atoms with Gasteiger partial charge in [-0.05, 0) is 118 Å². The summed E-state index contributed by atoms with van der Waals surface area (Å²) in [6, 6.07) is 85.1. The Bertz CT molecular complexity index is 3040. The quantitative estimate of drug-likeness (QED) is 0.160. The van der Waals surface area contributed by atoms with Gasteiger partial charge in [-0.2, -0.15) is 0 Å². The summed E-state index contributed by atoms with van der Waals surface area (Å²) in [5, 5.41) is 5.02. The molecule has 57 heavy (non-hydrogen) atoms. The zero-order valence-electron chi connectivity index (χ0n) is 31.4. The Kier molecular flexibility index (Phi) is 7.83. The van der Waals surface area contributed by atoms with Gasteiger partial charge in [0.2, 0.25) is 0 Å². The first-order valence-corrected chi connectivity index (χ1v) is 19.8. The van der Waals surface area contributed by atoms with Crippen molar-refractivity contribution in [2.45, 2.75) is 5.41 Å². The Morgan fingerprint density at radius 3 is 1.46 bits per heavy atom. The predicted octanol–water partition coefficient (Wildman–Crippen LogP) is 15.0. The normalized spacial score (nSPS) is 12.7. The number of hydrogen-bond donors (Lipinski definition) is 0. The van der Waals surface area contributed by atoms with Gasteiger partial charge in [0.1, 0.15) is 0 Å². The Labute approximate surface area is 334 Å². The molecule has 0 saturated carbocycles. The van der Waals surface area contributed by atoms with Crippen molar-refractivity contribution in [2.75, 3.05) is 0 Å². The predicted molar refractivity (Wildman–Crippen MR) is 241 cm³/mol. The molecule has 11 rings (SSSR count). The first-order chi connectivity index (χ1) is 28.3. The fourth-order valence-electron chi connectivity index (χ4n) is 9.58. The molecule has 0 nitrogen and oxygen atoms in total. The maximum Gasteiger partial charge on any atom is 0.0713 e. The molecule has 0 amide bonds. The highest BCUT2D eigenvalue weighted by molar-refractivity contribution is 6.12. The molecule has 1 aliphatic carbocycles. The van der Waals surface area contributed by atoms with E-state index < -0.39 is 5.41 Å². The van der Waals surface area contributed by atoms with Gasteiger partial charge in [-0.3, -0.25) is 0 Å². The molecule has 0 saturated heterocycles. The van der Waals surface area contributed by atoms with E-state index in [9.17, 15) is 0 Å². The second-order valence-electron chi connectivity index (χ2n) is 15.2. The van der Waals surface area contributed by atoms with Crippen LogP contribution in [0.1, 0.15) is 22.3 Å². The Morgan fingerprint density at radius 2 is 0.719 bits per heavy atom. The van der Waals surface area contributed by atoms with Gasteiger partial charge in [-0.1, -0.05) is 212 Å². The van der Waals surface area contributed by atoms with Crippen LogP contribution in [0.3, 0.4) is 0 Å². The molecule has 0 aromatic heterocycles. The Balaban J connectivity index is 1.17. The number of rotatable bonds is 6. The fourth-order valence-corrected chi connectivity index (χ4v) is 9.58. The van der Waals surface area contributed by atoms with Gasteiger partial charge in [-0.25, -0.2) is 0 Å². The molecule has 0 atom stereocenters. The highest BCUT2D eigenvalue weighted by atomic mass is 14.5. The maximum atomic E-state index is 2.53. The number of fused-ring (bicyclic) bond motifs is 5. The summed E-state index contributed by atoms with van der Waals surface area (Å²) in [5.74, 6) is 0. The lowest BCUT2D eigenvalue weighted by Gasteiger charge is -2.34. The molecule has 0 unspecified atom stereocenters. The van der Waals surface area contributed by atoms with Gasteiger partial charge in [0.05, 0.1) is 5.41 Å². The highest BCUT2D eigenvalue weighted by Crippen LogP contribution is 2.58. The molecule has 0 N–H and O–H groups in total. The van der Waals surface area contributed by atoms with E-state index in [1.165, 1.54) is 99.4 Å². The van der Waals surface area contributed by atoms with Crippen LogP contribution in [-0.2, 0) is 5.41 Å². The van der Waals surface area contributed by atoms with Crippen LogP contribution in [0, 0.1) is 0 Å². The van der Waals surface area contributed by atoms with Crippen LogP contribution in [0.25, 0.3) is 77.2 Å². The average molecular weight is 723 g/mol. The maximum absolute atomic E-state index is 2.53. The lowest BCUT2D eigenvalue weighted by molar-refractivity contribution is 0.769. The van der Waals surface area contributed by atoms with Crippen molar-refractivity contribution in [3.63, 3.8) is 0 Å². The first-order valence-electron chi connectivity index (χ1n) is 19.8. The second-order valence-corrected chi connectivity index (χ2v) is 15.2. The standard InChI is InChI=1S/C57H38/c1-4-16-39(17-5-1)43-20-14-21-44(36-43)40-30-32-42(33-31-40)48-34-35-50(49-28-15-19-41-18-10-11-26-47(41)49)52-37-54-51-27-12-13-29-55(51)57(56(54)38-53(48)52,45-22-6-2-7-23-45)46-24-8-3-9-25-46/h1-38H. The third kappa shape index (κ3) is 5.29. The van der Waals surface area contributed by atoms with Crippen molar-refractivity contribution in [1.82, 2.24) is 0 Å². The van der Waals surface area contributed by atoms with Crippen LogP contribution in [0.2, 0.25) is 0 Å². The third-order valence-electron chi connectivity index (χ3n) is 12.2. The van der Waals surface area contributed by atoms with E-state index in [0.29, 0.717) is 0 Å². The summed E-state index contributed by atoms with van der Waals surface area (Å²) in [6.07, 6.45) is 0. The third-order valence-corrected chi connectivity index (χ3v) is 12.2. The molecule has 0 aliphatic heterocycles. The lowest BCUT2D eigenvalue weighted by atomic mass is 9.67. The summed E-state index contributed by atoms with van der Waals surface area (Å²) >= 11 is 0. The minimum Gasteiger partial charge on any atom is -0.0622 e. The second kappa shape index (κ2) is 13.5.